The summed E-state index contributed by atoms with van der Waals surface area (Å²) in [4.78, 5) is 0. The van der Waals surface area contributed by atoms with Gasteiger partial charge in [-0.2, -0.15) is 0 Å². The number of ether oxygens (including phenoxy) is 2. The van der Waals surface area contributed by atoms with Crippen LogP contribution in [0.3, 0.4) is 0 Å². The summed E-state index contributed by atoms with van der Waals surface area (Å²) in [5.74, 6) is 0.934. The Morgan fingerprint density at radius 1 is 1.11 bits per heavy atom. The molecule has 0 aliphatic heterocycles. The highest BCUT2D eigenvalue weighted by Crippen LogP contribution is 2.22. The van der Waals surface area contributed by atoms with Crippen LogP contribution >= 0.6 is 0 Å². The van der Waals surface area contributed by atoms with Crippen LogP contribution in [-0.4, -0.2) is 25.9 Å². The van der Waals surface area contributed by atoms with Gasteiger partial charge in [0.1, 0.15) is 11.9 Å². The SMILES string of the molecule is COCCc1ccc(OC2CCCCCC2N)cc1. The summed E-state index contributed by atoms with van der Waals surface area (Å²) in [5, 5.41) is 0. The minimum atomic E-state index is 0.173. The van der Waals surface area contributed by atoms with Crippen LogP contribution in [0.5, 0.6) is 5.75 Å². The Balaban J connectivity index is 1.90. The van der Waals surface area contributed by atoms with E-state index in [1.54, 1.807) is 7.11 Å². The smallest absolute Gasteiger partial charge is 0.119 e. The van der Waals surface area contributed by atoms with Crippen molar-refractivity contribution >= 4 is 0 Å². The van der Waals surface area contributed by atoms with Gasteiger partial charge in [0.2, 0.25) is 0 Å². The second-order valence-corrected chi connectivity index (χ2v) is 5.34. The summed E-state index contributed by atoms with van der Waals surface area (Å²) in [5.41, 5.74) is 7.46. The zero-order valence-corrected chi connectivity index (χ0v) is 11.8. The molecule has 3 nitrogen and oxygen atoms in total. The fourth-order valence-electron chi connectivity index (χ4n) is 2.58. The van der Waals surface area contributed by atoms with Crippen LogP contribution in [-0.2, 0) is 11.2 Å². The van der Waals surface area contributed by atoms with E-state index in [-0.39, 0.29) is 12.1 Å². The minimum absolute atomic E-state index is 0.173. The maximum atomic E-state index is 6.18. The van der Waals surface area contributed by atoms with Crippen LogP contribution in [0.4, 0.5) is 0 Å². The highest BCUT2D eigenvalue weighted by molar-refractivity contribution is 5.27. The molecule has 1 aromatic rings. The van der Waals surface area contributed by atoms with Gasteiger partial charge >= 0.3 is 0 Å². The van der Waals surface area contributed by atoms with Crippen molar-refractivity contribution in [1.82, 2.24) is 0 Å². The third-order valence-corrected chi connectivity index (χ3v) is 3.81. The van der Waals surface area contributed by atoms with Gasteiger partial charge in [0, 0.05) is 13.2 Å². The first-order chi connectivity index (χ1) is 9.29. The quantitative estimate of drug-likeness (QED) is 0.831. The van der Waals surface area contributed by atoms with Crippen LogP contribution in [0.1, 0.15) is 37.7 Å². The van der Waals surface area contributed by atoms with Gasteiger partial charge in [0.05, 0.1) is 6.61 Å². The van der Waals surface area contributed by atoms with Gasteiger partial charge in [-0.05, 0) is 43.4 Å². The average Bonchev–Trinajstić information content (AvgIpc) is 2.63. The first kappa shape index (κ1) is 14.4. The van der Waals surface area contributed by atoms with E-state index in [1.807, 2.05) is 12.1 Å². The van der Waals surface area contributed by atoms with Gasteiger partial charge in [-0.25, -0.2) is 0 Å². The van der Waals surface area contributed by atoms with Crippen molar-refractivity contribution in [2.45, 2.75) is 50.7 Å². The standard InChI is InChI=1S/C16H25NO2/c1-18-12-11-13-7-9-14(10-8-13)19-16-6-4-2-3-5-15(16)17/h7-10,15-16H,2-6,11-12,17H2,1H3. The van der Waals surface area contributed by atoms with E-state index in [4.69, 9.17) is 15.2 Å². The fourth-order valence-corrected chi connectivity index (χ4v) is 2.58. The van der Waals surface area contributed by atoms with Crippen molar-refractivity contribution in [1.29, 1.82) is 0 Å². The number of hydrogen-bond donors (Lipinski definition) is 1. The molecule has 0 heterocycles. The summed E-state index contributed by atoms with van der Waals surface area (Å²) >= 11 is 0. The van der Waals surface area contributed by atoms with Crippen molar-refractivity contribution in [3.63, 3.8) is 0 Å². The lowest BCUT2D eigenvalue weighted by atomic mass is 10.1. The molecule has 1 fully saturated rings. The number of benzene rings is 1. The Bertz CT molecular complexity index is 364. The van der Waals surface area contributed by atoms with Gasteiger partial charge < -0.3 is 15.2 Å². The summed E-state index contributed by atoms with van der Waals surface area (Å²) in [6.45, 7) is 0.758. The molecule has 0 radical (unpaired) electrons. The molecule has 2 unspecified atom stereocenters. The van der Waals surface area contributed by atoms with Crippen molar-refractivity contribution in [2.75, 3.05) is 13.7 Å². The fraction of sp³-hybridized carbons (Fsp3) is 0.625. The van der Waals surface area contributed by atoms with Crippen molar-refractivity contribution in [2.24, 2.45) is 5.73 Å². The predicted octanol–water partition coefficient (Wildman–Crippen LogP) is 2.91. The topological polar surface area (TPSA) is 44.5 Å². The van der Waals surface area contributed by atoms with E-state index >= 15 is 0 Å². The van der Waals surface area contributed by atoms with Gasteiger partial charge in [-0.1, -0.05) is 25.0 Å². The van der Waals surface area contributed by atoms with E-state index in [2.05, 4.69) is 12.1 Å². The molecule has 1 aliphatic carbocycles. The zero-order chi connectivity index (χ0) is 13.5. The predicted molar refractivity (Wildman–Crippen MR) is 77.5 cm³/mol. The van der Waals surface area contributed by atoms with Crippen molar-refractivity contribution in [3.05, 3.63) is 29.8 Å². The summed E-state index contributed by atoms with van der Waals surface area (Å²) in [6.07, 6.45) is 7.01. The number of hydrogen-bond acceptors (Lipinski definition) is 3. The molecule has 0 amide bonds. The number of methoxy groups -OCH3 is 1. The molecular weight excluding hydrogens is 238 g/mol. The monoisotopic (exact) mass is 263 g/mol. The lowest BCUT2D eigenvalue weighted by Crippen LogP contribution is -2.37. The average molecular weight is 263 g/mol. The Labute approximate surface area is 116 Å². The van der Waals surface area contributed by atoms with E-state index in [1.165, 1.54) is 24.8 Å². The first-order valence-corrected chi connectivity index (χ1v) is 7.29. The third-order valence-electron chi connectivity index (χ3n) is 3.81. The number of rotatable bonds is 5. The van der Waals surface area contributed by atoms with Gasteiger partial charge in [-0.15, -0.1) is 0 Å². The molecule has 0 saturated heterocycles. The van der Waals surface area contributed by atoms with Crippen LogP contribution in [0.15, 0.2) is 24.3 Å². The Morgan fingerprint density at radius 2 is 1.84 bits per heavy atom. The van der Waals surface area contributed by atoms with E-state index in [9.17, 15) is 0 Å². The molecule has 1 aliphatic rings. The molecule has 19 heavy (non-hydrogen) atoms. The Kier molecular flexibility index (Phi) is 5.67. The number of nitrogens with two attached hydrogens (primary N) is 1. The highest BCUT2D eigenvalue weighted by atomic mass is 16.5. The third kappa shape index (κ3) is 4.51. The zero-order valence-electron chi connectivity index (χ0n) is 11.8. The van der Waals surface area contributed by atoms with E-state index in [0.29, 0.717) is 0 Å². The Morgan fingerprint density at radius 3 is 2.58 bits per heavy atom. The van der Waals surface area contributed by atoms with Crippen LogP contribution < -0.4 is 10.5 Å². The lowest BCUT2D eigenvalue weighted by Gasteiger charge is -2.23. The second-order valence-electron chi connectivity index (χ2n) is 5.34. The second kappa shape index (κ2) is 7.51. The van der Waals surface area contributed by atoms with Gasteiger partial charge in [-0.3, -0.25) is 0 Å². The normalized spacial score (nSPS) is 23.9. The molecule has 0 bridgehead atoms. The maximum absolute atomic E-state index is 6.18. The van der Waals surface area contributed by atoms with Crippen LogP contribution in [0, 0.1) is 0 Å². The van der Waals surface area contributed by atoms with Gasteiger partial charge in [0.15, 0.2) is 0 Å². The molecule has 2 N–H and O–H groups in total. The maximum Gasteiger partial charge on any atom is 0.119 e. The molecule has 3 heteroatoms. The Hall–Kier alpha value is -1.06. The van der Waals surface area contributed by atoms with E-state index in [0.717, 1.165) is 31.6 Å². The first-order valence-electron chi connectivity index (χ1n) is 7.29. The summed E-state index contributed by atoms with van der Waals surface area (Å²) in [7, 11) is 1.73. The molecule has 1 saturated carbocycles. The highest BCUT2D eigenvalue weighted by Gasteiger charge is 2.21. The minimum Gasteiger partial charge on any atom is -0.489 e. The molecule has 1 aromatic carbocycles. The molecule has 2 rings (SSSR count). The molecular formula is C16H25NO2. The summed E-state index contributed by atoms with van der Waals surface area (Å²) in [6, 6.07) is 8.48. The molecule has 0 spiro atoms. The van der Waals surface area contributed by atoms with Crippen molar-refractivity contribution < 1.29 is 9.47 Å². The lowest BCUT2D eigenvalue weighted by molar-refractivity contribution is 0.162. The van der Waals surface area contributed by atoms with Crippen molar-refractivity contribution in [3.8, 4) is 5.75 Å². The summed E-state index contributed by atoms with van der Waals surface area (Å²) < 4.78 is 11.1. The molecule has 2 atom stereocenters. The van der Waals surface area contributed by atoms with Crippen LogP contribution in [0.25, 0.3) is 0 Å². The largest absolute Gasteiger partial charge is 0.489 e. The van der Waals surface area contributed by atoms with Crippen LogP contribution in [0.2, 0.25) is 0 Å². The van der Waals surface area contributed by atoms with E-state index < -0.39 is 0 Å². The molecule has 0 aromatic heterocycles. The molecule has 106 valence electrons. The van der Waals surface area contributed by atoms with Gasteiger partial charge in [0.25, 0.3) is 0 Å².